The second kappa shape index (κ2) is 14.8. The van der Waals surface area contributed by atoms with Crippen molar-refractivity contribution in [1.29, 1.82) is 0 Å². The van der Waals surface area contributed by atoms with Gasteiger partial charge in [-0.2, -0.15) is 0 Å². The SMILES string of the molecule is CCc1cc(C)cc(CC)c1OC(c1c(CC)cc(C)cc1CC)C(CO)(COP(O)O)COP(O)O. The van der Waals surface area contributed by atoms with Crippen molar-refractivity contribution in [3.8, 4) is 5.75 Å². The molecule has 0 aliphatic rings. The van der Waals surface area contributed by atoms with E-state index in [1.165, 1.54) is 0 Å². The first-order chi connectivity index (χ1) is 17.5. The molecule has 2 aromatic rings. The highest BCUT2D eigenvalue weighted by atomic mass is 31.2. The molecule has 0 saturated carbocycles. The van der Waals surface area contributed by atoms with Gasteiger partial charge in [0.1, 0.15) is 11.9 Å². The summed E-state index contributed by atoms with van der Waals surface area (Å²) in [6.45, 7) is 11.1. The minimum absolute atomic E-state index is 0.342. The van der Waals surface area contributed by atoms with E-state index in [2.05, 4.69) is 38.1 Å². The number of aliphatic hydroxyl groups is 1. The Hall–Kier alpha value is -1.18. The Morgan fingerprint density at radius 2 is 1.08 bits per heavy atom. The van der Waals surface area contributed by atoms with Crippen molar-refractivity contribution in [2.75, 3.05) is 19.8 Å². The van der Waals surface area contributed by atoms with E-state index in [1.54, 1.807) is 0 Å². The van der Waals surface area contributed by atoms with Crippen LogP contribution in [-0.2, 0) is 34.7 Å². The summed E-state index contributed by atoms with van der Waals surface area (Å²) in [6, 6.07) is 8.33. The molecule has 0 saturated heterocycles. The maximum absolute atomic E-state index is 10.8. The highest BCUT2D eigenvalue weighted by Crippen LogP contribution is 2.47. The van der Waals surface area contributed by atoms with Crippen LogP contribution in [0.3, 0.4) is 0 Å². The fraction of sp³-hybridized carbons (Fsp3) is 0.556. The van der Waals surface area contributed by atoms with Crippen molar-refractivity contribution in [2.24, 2.45) is 5.41 Å². The maximum atomic E-state index is 10.8. The summed E-state index contributed by atoms with van der Waals surface area (Å²) in [7, 11) is -5.48. The predicted octanol–water partition coefficient (Wildman–Crippen LogP) is 5.11. The van der Waals surface area contributed by atoms with Gasteiger partial charge < -0.3 is 38.5 Å². The molecule has 37 heavy (non-hydrogen) atoms. The quantitative estimate of drug-likeness (QED) is 0.192. The largest absolute Gasteiger partial charge is 0.484 e. The molecule has 0 aromatic heterocycles. The first-order valence-corrected chi connectivity index (χ1v) is 15.0. The molecule has 2 rings (SSSR count). The minimum atomic E-state index is -2.74. The van der Waals surface area contributed by atoms with Gasteiger partial charge in [0.15, 0.2) is 0 Å². The lowest BCUT2D eigenvalue weighted by molar-refractivity contribution is -0.0664. The van der Waals surface area contributed by atoms with Crippen LogP contribution in [-0.4, -0.2) is 44.5 Å². The third-order valence-corrected chi connectivity index (χ3v) is 7.43. The number of aliphatic hydroxyl groups excluding tert-OH is 1. The van der Waals surface area contributed by atoms with E-state index in [1.807, 2.05) is 27.7 Å². The summed E-state index contributed by atoms with van der Waals surface area (Å²) in [5, 5.41) is 10.8. The third-order valence-electron chi connectivity index (χ3n) is 6.71. The molecule has 0 aliphatic heterocycles. The van der Waals surface area contributed by atoms with Gasteiger partial charge in [-0.15, -0.1) is 0 Å². The van der Waals surface area contributed by atoms with Crippen LogP contribution in [0, 0.1) is 19.3 Å². The fourth-order valence-corrected chi connectivity index (χ4v) is 5.57. The monoisotopic (exact) mass is 556 g/mol. The Morgan fingerprint density at radius 3 is 1.41 bits per heavy atom. The number of ether oxygens (including phenoxy) is 1. The summed E-state index contributed by atoms with van der Waals surface area (Å²) in [5.74, 6) is 0.702. The van der Waals surface area contributed by atoms with Crippen molar-refractivity contribution in [2.45, 2.75) is 73.3 Å². The first kappa shape index (κ1) is 32.0. The van der Waals surface area contributed by atoms with Crippen LogP contribution in [0.15, 0.2) is 24.3 Å². The lowest BCUT2D eigenvalue weighted by atomic mass is 9.76. The van der Waals surface area contributed by atoms with Gasteiger partial charge in [-0.3, -0.25) is 0 Å². The molecular formula is C27H42O8P2. The molecular weight excluding hydrogens is 514 g/mol. The van der Waals surface area contributed by atoms with Crippen LogP contribution < -0.4 is 4.74 Å². The van der Waals surface area contributed by atoms with Gasteiger partial charge in [0, 0.05) is 0 Å². The molecule has 208 valence electrons. The lowest BCUT2D eigenvalue weighted by Crippen LogP contribution is -2.44. The van der Waals surface area contributed by atoms with Crippen LogP contribution in [0.5, 0.6) is 5.75 Å². The van der Waals surface area contributed by atoms with Crippen molar-refractivity contribution in [3.05, 3.63) is 63.2 Å². The molecule has 0 aliphatic carbocycles. The lowest BCUT2D eigenvalue weighted by Gasteiger charge is -2.41. The van der Waals surface area contributed by atoms with E-state index in [4.69, 9.17) is 13.8 Å². The second-order valence-corrected chi connectivity index (χ2v) is 10.9. The third kappa shape index (κ3) is 8.15. The molecule has 8 nitrogen and oxygen atoms in total. The van der Waals surface area contributed by atoms with Gasteiger partial charge in [-0.25, -0.2) is 0 Å². The topological polar surface area (TPSA) is 129 Å². The molecule has 0 radical (unpaired) electrons. The summed E-state index contributed by atoms with van der Waals surface area (Å²) in [4.78, 5) is 38.4. The Labute approximate surface area is 223 Å². The molecule has 0 spiro atoms. The Morgan fingerprint density at radius 1 is 0.703 bits per heavy atom. The van der Waals surface area contributed by atoms with E-state index in [0.29, 0.717) is 18.6 Å². The molecule has 10 heteroatoms. The van der Waals surface area contributed by atoms with Crippen molar-refractivity contribution < 1.29 is 38.5 Å². The number of aryl methyl sites for hydroxylation is 6. The molecule has 0 fully saturated rings. The van der Waals surface area contributed by atoms with Crippen LogP contribution in [0.25, 0.3) is 0 Å². The van der Waals surface area contributed by atoms with Crippen molar-refractivity contribution in [1.82, 2.24) is 0 Å². The average Bonchev–Trinajstić information content (AvgIpc) is 2.87. The van der Waals surface area contributed by atoms with Crippen LogP contribution >= 0.6 is 17.2 Å². The number of rotatable bonds is 15. The van der Waals surface area contributed by atoms with E-state index in [0.717, 1.165) is 51.8 Å². The highest BCUT2D eigenvalue weighted by Gasteiger charge is 2.45. The van der Waals surface area contributed by atoms with E-state index >= 15 is 0 Å². The molecule has 1 unspecified atom stereocenters. The normalized spacial score (nSPS) is 13.0. The van der Waals surface area contributed by atoms with E-state index in [9.17, 15) is 24.7 Å². The Kier molecular flexibility index (Phi) is 12.8. The van der Waals surface area contributed by atoms with Crippen molar-refractivity contribution in [3.63, 3.8) is 0 Å². The maximum Gasteiger partial charge on any atom is 0.327 e. The van der Waals surface area contributed by atoms with Crippen molar-refractivity contribution >= 4 is 17.2 Å². The summed E-state index contributed by atoms with van der Waals surface area (Å²) < 4.78 is 17.5. The molecule has 1 atom stereocenters. The summed E-state index contributed by atoms with van der Waals surface area (Å²) in [5.41, 5.74) is 5.76. The van der Waals surface area contributed by atoms with Gasteiger partial charge >= 0.3 is 17.2 Å². The number of hydrogen-bond donors (Lipinski definition) is 5. The van der Waals surface area contributed by atoms with Gasteiger partial charge in [0.25, 0.3) is 0 Å². The van der Waals surface area contributed by atoms with E-state index in [-0.39, 0.29) is 13.2 Å². The Bertz CT molecular complexity index is 950. The van der Waals surface area contributed by atoms with Gasteiger partial charge in [0.05, 0.1) is 25.2 Å². The average molecular weight is 557 g/mol. The standard InChI is InChI=1S/C27H42O8P2/c1-7-20-11-18(5)12-21(8-2)24(20)26(27(15-28,16-33-36(29)30)17-34-37(31)32)35-25-22(9-3)13-19(6)14-23(25)10-4/h11-14,26,28-32H,7-10,15-17H2,1-6H3. The minimum Gasteiger partial charge on any atom is -0.484 e. The van der Waals surface area contributed by atoms with Gasteiger partial charge in [-0.05, 0) is 67.3 Å². The summed E-state index contributed by atoms with van der Waals surface area (Å²) in [6.07, 6.45) is 1.99. The van der Waals surface area contributed by atoms with Gasteiger partial charge in [0.2, 0.25) is 0 Å². The summed E-state index contributed by atoms with van der Waals surface area (Å²) >= 11 is 0. The van der Waals surface area contributed by atoms with Gasteiger partial charge in [-0.1, -0.05) is 63.1 Å². The molecule has 5 N–H and O–H groups in total. The molecule has 0 amide bonds. The second-order valence-electron chi connectivity index (χ2n) is 9.39. The number of hydrogen-bond acceptors (Lipinski definition) is 8. The predicted molar refractivity (Wildman–Crippen MR) is 147 cm³/mol. The van der Waals surface area contributed by atoms with E-state index < -0.39 is 35.3 Å². The fourth-order valence-electron chi connectivity index (χ4n) is 4.83. The molecule has 0 bridgehead atoms. The zero-order valence-corrected chi connectivity index (χ0v) is 24.5. The molecule has 2 aromatic carbocycles. The smallest absolute Gasteiger partial charge is 0.327 e. The zero-order chi connectivity index (χ0) is 27.8. The number of benzene rings is 2. The molecule has 0 heterocycles. The van der Waals surface area contributed by atoms with Crippen LogP contribution in [0.4, 0.5) is 0 Å². The van der Waals surface area contributed by atoms with Crippen LogP contribution in [0.1, 0.15) is 72.7 Å². The zero-order valence-electron chi connectivity index (χ0n) is 22.7. The first-order valence-electron chi connectivity index (χ1n) is 12.7. The Balaban J connectivity index is 2.90. The van der Waals surface area contributed by atoms with Crippen LogP contribution in [0.2, 0.25) is 0 Å². The highest BCUT2D eigenvalue weighted by molar-refractivity contribution is 7.39.